The predicted octanol–water partition coefficient (Wildman–Crippen LogP) is 3.42. The summed E-state index contributed by atoms with van der Waals surface area (Å²) in [4.78, 5) is 0. The van der Waals surface area contributed by atoms with E-state index in [1.807, 2.05) is 24.4 Å². The molecular weight excluding hydrogens is 262 g/mol. The van der Waals surface area contributed by atoms with Gasteiger partial charge in [0.1, 0.15) is 5.75 Å². The zero-order valence-electron chi connectivity index (χ0n) is 12.4. The molecule has 1 saturated carbocycles. The Balaban J connectivity index is 1.72. The Hall–Kier alpha value is -1.81. The van der Waals surface area contributed by atoms with E-state index in [0.29, 0.717) is 17.8 Å². The van der Waals surface area contributed by atoms with E-state index in [9.17, 15) is 5.11 Å². The lowest BCUT2D eigenvalue weighted by Gasteiger charge is -2.34. The fourth-order valence-corrected chi connectivity index (χ4v) is 3.31. The molecular formula is C17H23N3O. The summed E-state index contributed by atoms with van der Waals surface area (Å²) >= 11 is 0. The SMILES string of the molecule is C[C@H](N[C@@H]1CCCC[C@@H]1n1cccn1)c1cccc(O)c1. The van der Waals surface area contributed by atoms with Crippen molar-refractivity contribution < 1.29 is 5.11 Å². The fraction of sp³-hybridized carbons (Fsp3) is 0.471. The topological polar surface area (TPSA) is 50.1 Å². The minimum Gasteiger partial charge on any atom is -0.508 e. The van der Waals surface area contributed by atoms with Gasteiger partial charge in [0.2, 0.25) is 0 Å². The molecule has 1 aliphatic carbocycles. The van der Waals surface area contributed by atoms with Gasteiger partial charge in [-0.05, 0) is 43.5 Å². The Labute approximate surface area is 125 Å². The van der Waals surface area contributed by atoms with E-state index in [-0.39, 0.29) is 6.04 Å². The molecule has 1 aromatic carbocycles. The van der Waals surface area contributed by atoms with Gasteiger partial charge in [0.25, 0.3) is 0 Å². The minimum absolute atomic E-state index is 0.221. The molecule has 0 bridgehead atoms. The molecule has 1 heterocycles. The van der Waals surface area contributed by atoms with E-state index in [1.54, 1.807) is 6.07 Å². The summed E-state index contributed by atoms with van der Waals surface area (Å²) < 4.78 is 2.09. The number of nitrogens with zero attached hydrogens (tertiary/aromatic N) is 2. The molecule has 1 aromatic heterocycles. The van der Waals surface area contributed by atoms with Gasteiger partial charge in [-0.1, -0.05) is 25.0 Å². The van der Waals surface area contributed by atoms with Crippen LogP contribution in [0, 0.1) is 0 Å². The Morgan fingerprint density at radius 3 is 2.90 bits per heavy atom. The van der Waals surface area contributed by atoms with Crippen LogP contribution in [-0.4, -0.2) is 20.9 Å². The minimum atomic E-state index is 0.221. The van der Waals surface area contributed by atoms with Crippen LogP contribution >= 0.6 is 0 Å². The second-order valence-corrected chi connectivity index (χ2v) is 5.93. The lowest BCUT2D eigenvalue weighted by Crippen LogP contribution is -2.41. The second kappa shape index (κ2) is 6.31. The van der Waals surface area contributed by atoms with E-state index >= 15 is 0 Å². The Morgan fingerprint density at radius 2 is 2.14 bits per heavy atom. The normalized spacial score (nSPS) is 23.9. The van der Waals surface area contributed by atoms with Crippen LogP contribution in [0.5, 0.6) is 5.75 Å². The summed E-state index contributed by atoms with van der Waals surface area (Å²) in [6.45, 7) is 2.16. The summed E-state index contributed by atoms with van der Waals surface area (Å²) in [5.41, 5.74) is 1.12. The first-order valence-corrected chi connectivity index (χ1v) is 7.78. The molecule has 3 atom stereocenters. The maximum Gasteiger partial charge on any atom is 0.115 e. The van der Waals surface area contributed by atoms with Crippen molar-refractivity contribution in [2.45, 2.75) is 50.7 Å². The van der Waals surface area contributed by atoms with Gasteiger partial charge in [0.15, 0.2) is 0 Å². The first-order chi connectivity index (χ1) is 10.2. The summed E-state index contributed by atoms with van der Waals surface area (Å²) in [5, 5.41) is 17.8. The molecule has 4 heteroatoms. The summed E-state index contributed by atoms with van der Waals surface area (Å²) in [5.74, 6) is 0.327. The summed E-state index contributed by atoms with van der Waals surface area (Å²) in [6.07, 6.45) is 8.79. The maximum atomic E-state index is 9.63. The third-order valence-electron chi connectivity index (χ3n) is 4.43. The lowest BCUT2D eigenvalue weighted by atomic mass is 9.89. The van der Waals surface area contributed by atoms with Crippen LogP contribution in [0.1, 0.15) is 50.3 Å². The Morgan fingerprint density at radius 1 is 1.29 bits per heavy atom. The molecule has 0 amide bonds. The van der Waals surface area contributed by atoms with Gasteiger partial charge >= 0.3 is 0 Å². The third-order valence-corrected chi connectivity index (χ3v) is 4.43. The van der Waals surface area contributed by atoms with Gasteiger partial charge in [-0.2, -0.15) is 5.10 Å². The van der Waals surface area contributed by atoms with Crippen molar-refractivity contribution in [2.75, 3.05) is 0 Å². The van der Waals surface area contributed by atoms with Crippen molar-refractivity contribution in [2.24, 2.45) is 0 Å². The Kier molecular flexibility index (Phi) is 4.25. The standard InChI is InChI=1S/C17H23N3O/c1-13(14-6-4-7-15(21)12-14)19-16-8-2-3-9-17(16)20-11-5-10-18-20/h4-7,10-13,16-17,19,21H,2-3,8-9H2,1H3/t13-,16+,17-/m0/s1. The number of nitrogens with one attached hydrogen (secondary N) is 1. The third kappa shape index (κ3) is 3.27. The molecule has 0 aliphatic heterocycles. The van der Waals surface area contributed by atoms with Crippen LogP contribution in [-0.2, 0) is 0 Å². The molecule has 4 nitrogen and oxygen atoms in total. The first-order valence-electron chi connectivity index (χ1n) is 7.78. The zero-order valence-corrected chi connectivity index (χ0v) is 12.4. The smallest absolute Gasteiger partial charge is 0.115 e. The second-order valence-electron chi connectivity index (χ2n) is 5.93. The van der Waals surface area contributed by atoms with Crippen molar-refractivity contribution in [3.8, 4) is 5.75 Å². The summed E-state index contributed by atoms with van der Waals surface area (Å²) in [6, 6.07) is 10.6. The number of rotatable bonds is 4. The lowest BCUT2D eigenvalue weighted by molar-refractivity contribution is 0.233. The van der Waals surface area contributed by atoms with Gasteiger partial charge in [0.05, 0.1) is 6.04 Å². The highest BCUT2D eigenvalue weighted by molar-refractivity contribution is 5.29. The summed E-state index contributed by atoms with van der Waals surface area (Å²) in [7, 11) is 0. The molecule has 0 radical (unpaired) electrons. The number of aromatic hydroxyl groups is 1. The number of hydrogen-bond acceptors (Lipinski definition) is 3. The molecule has 112 valence electrons. The average molecular weight is 285 g/mol. The van der Waals surface area contributed by atoms with Crippen LogP contribution in [0.15, 0.2) is 42.7 Å². The van der Waals surface area contributed by atoms with Crippen LogP contribution < -0.4 is 5.32 Å². The molecule has 3 rings (SSSR count). The van der Waals surface area contributed by atoms with Crippen molar-refractivity contribution in [3.05, 3.63) is 48.3 Å². The zero-order chi connectivity index (χ0) is 14.7. The van der Waals surface area contributed by atoms with E-state index in [4.69, 9.17) is 0 Å². The number of hydrogen-bond donors (Lipinski definition) is 2. The monoisotopic (exact) mass is 285 g/mol. The van der Waals surface area contributed by atoms with Crippen molar-refractivity contribution in [1.29, 1.82) is 0 Å². The van der Waals surface area contributed by atoms with E-state index < -0.39 is 0 Å². The molecule has 0 spiro atoms. The van der Waals surface area contributed by atoms with Gasteiger partial charge in [-0.3, -0.25) is 4.68 Å². The van der Waals surface area contributed by atoms with Crippen LogP contribution in [0.2, 0.25) is 0 Å². The largest absolute Gasteiger partial charge is 0.508 e. The molecule has 1 fully saturated rings. The van der Waals surface area contributed by atoms with E-state index in [2.05, 4.69) is 34.3 Å². The van der Waals surface area contributed by atoms with Gasteiger partial charge < -0.3 is 10.4 Å². The quantitative estimate of drug-likeness (QED) is 0.905. The Bertz CT molecular complexity index is 567. The van der Waals surface area contributed by atoms with Gasteiger partial charge in [-0.15, -0.1) is 0 Å². The van der Waals surface area contributed by atoms with Crippen molar-refractivity contribution >= 4 is 0 Å². The van der Waals surface area contributed by atoms with Gasteiger partial charge in [-0.25, -0.2) is 0 Å². The highest BCUT2D eigenvalue weighted by Crippen LogP contribution is 2.30. The fourth-order valence-electron chi connectivity index (χ4n) is 3.31. The molecule has 1 aliphatic rings. The van der Waals surface area contributed by atoms with Crippen LogP contribution in [0.25, 0.3) is 0 Å². The van der Waals surface area contributed by atoms with Crippen LogP contribution in [0.3, 0.4) is 0 Å². The highest BCUT2D eigenvalue weighted by Gasteiger charge is 2.28. The van der Waals surface area contributed by atoms with E-state index in [1.165, 1.54) is 25.7 Å². The van der Waals surface area contributed by atoms with Crippen LogP contribution in [0.4, 0.5) is 0 Å². The predicted molar refractivity (Wildman–Crippen MR) is 83.2 cm³/mol. The molecule has 0 unspecified atom stereocenters. The molecule has 0 saturated heterocycles. The first kappa shape index (κ1) is 14.1. The van der Waals surface area contributed by atoms with E-state index in [0.717, 1.165) is 5.56 Å². The van der Waals surface area contributed by atoms with Gasteiger partial charge in [0, 0.05) is 24.5 Å². The maximum absolute atomic E-state index is 9.63. The van der Waals surface area contributed by atoms with Crippen molar-refractivity contribution in [3.63, 3.8) is 0 Å². The van der Waals surface area contributed by atoms with Crippen molar-refractivity contribution in [1.82, 2.24) is 15.1 Å². The average Bonchev–Trinajstić information content (AvgIpc) is 3.02. The number of phenols is 1. The number of phenolic OH excluding ortho intramolecular Hbond substituents is 1. The highest BCUT2D eigenvalue weighted by atomic mass is 16.3. The number of aromatic nitrogens is 2. The molecule has 2 aromatic rings. The molecule has 2 N–H and O–H groups in total. The molecule has 21 heavy (non-hydrogen) atoms. The number of benzene rings is 1.